The van der Waals surface area contributed by atoms with Crippen molar-refractivity contribution in [2.24, 2.45) is 11.8 Å². The summed E-state index contributed by atoms with van der Waals surface area (Å²) in [6.07, 6.45) is 4.40. The number of rotatable bonds is 6. The minimum absolute atomic E-state index is 0.0767. The second-order valence-corrected chi connectivity index (χ2v) is 9.52. The van der Waals surface area contributed by atoms with Crippen molar-refractivity contribution in [1.29, 1.82) is 0 Å². The van der Waals surface area contributed by atoms with Gasteiger partial charge in [0.25, 0.3) is 0 Å². The van der Waals surface area contributed by atoms with Crippen molar-refractivity contribution in [2.75, 3.05) is 34.4 Å². The third-order valence-corrected chi connectivity index (χ3v) is 7.87. The van der Waals surface area contributed by atoms with Gasteiger partial charge in [-0.05, 0) is 47.9 Å². The monoisotopic (exact) mass is 474 g/mol. The molecule has 1 N–H and O–H groups in total. The summed E-state index contributed by atoms with van der Waals surface area (Å²) < 4.78 is 16.5. The van der Waals surface area contributed by atoms with Crippen molar-refractivity contribution in [3.05, 3.63) is 65.6 Å². The fraction of sp³-hybridized carbons (Fsp3) is 0.414. The largest absolute Gasteiger partial charge is 0.504 e. The van der Waals surface area contributed by atoms with E-state index in [1.54, 1.807) is 20.5 Å². The number of benzene rings is 2. The van der Waals surface area contributed by atoms with Crippen LogP contribution in [0.5, 0.6) is 5.75 Å². The maximum atomic E-state index is 12.7. The van der Waals surface area contributed by atoms with Crippen molar-refractivity contribution in [2.45, 2.75) is 32.2 Å². The van der Waals surface area contributed by atoms with Crippen molar-refractivity contribution >= 4 is 16.9 Å². The molecule has 0 amide bonds. The maximum absolute atomic E-state index is 12.7. The summed E-state index contributed by atoms with van der Waals surface area (Å²) in [4.78, 5) is 19.0. The smallest absolute Gasteiger partial charge is 0.337 e. The molecule has 0 bridgehead atoms. The molecule has 2 aliphatic rings. The van der Waals surface area contributed by atoms with E-state index in [1.165, 1.54) is 23.8 Å². The molecule has 2 aliphatic heterocycles. The molecule has 1 fully saturated rings. The Hall–Kier alpha value is -3.25. The topological polar surface area (TPSA) is 63.8 Å². The number of carbonyl (C=O) groups is 1. The quantitative estimate of drug-likeness (QED) is 0.291. The van der Waals surface area contributed by atoms with Crippen molar-refractivity contribution in [3.63, 3.8) is 0 Å². The number of nitrogens with one attached hydrogen (secondary N) is 1. The molecular formula is C29H34N2O4. The first kappa shape index (κ1) is 23.5. The molecule has 0 aliphatic carbocycles. The molecule has 6 nitrogen and oxygen atoms in total. The number of fused-ring (bicyclic) bond motifs is 5. The molecule has 5 rings (SSSR count). The molecule has 3 atom stereocenters. The standard InChI is InChI=1S/C29H34N2O4/c1-5-18-16-31-14-13-21-26-24(12-11-20(28(26)34-3)19-9-7-6-8-10-19)30-27(21)25(31)15-22(18)23(17-33-2)29(32)35-4/h6-12,17-18,22,25,30H,5,13-16H2,1-4H3/b23-17+. The number of hydrogen-bond donors (Lipinski definition) is 1. The zero-order valence-corrected chi connectivity index (χ0v) is 21.0. The first-order valence-electron chi connectivity index (χ1n) is 12.4. The van der Waals surface area contributed by atoms with Crippen LogP contribution in [0.3, 0.4) is 0 Å². The van der Waals surface area contributed by atoms with Crippen LogP contribution in [0.2, 0.25) is 0 Å². The molecule has 2 aromatic carbocycles. The third kappa shape index (κ3) is 4.00. The highest BCUT2D eigenvalue weighted by atomic mass is 16.5. The zero-order valence-electron chi connectivity index (χ0n) is 21.0. The molecular weight excluding hydrogens is 440 g/mol. The lowest BCUT2D eigenvalue weighted by Gasteiger charge is -2.46. The molecule has 1 aromatic heterocycles. The number of methoxy groups -OCH3 is 3. The van der Waals surface area contributed by atoms with Crippen LogP contribution in [-0.4, -0.2) is 50.3 Å². The first-order valence-corrected chi connectivity index (χ1v) is 12.4. The predicted octanol–water partition coefficient (Wildman–Crippen LogP) is 5.49. The van der Waals surface area contributed by atoms with Crippen LogP contribution in [0.15, 0.2) is 54.3 Å². The summed E-state index contributed by atoms with van der Waals surface area (Å²) in [6, 6.07) is 14.9. The van der Waals surface area contributed by atoms with E-state index >= 15 is 0 Å². The van der Waals surface area contributed by atoms with E-state index in [-0.39, 0.29) is 17.9 Å². The number of esters is 1. The molecule has 6 heteroatoms. The van der Waals surface area contributed by atoms with E-state index in [0.29, 0.717) is 11.5 Å². The summed E-state index contributed by atoms with van der Waals surface area (Å²) >= 11 is 0. The summed E-state index contributed by atoms with van der Waals surface area (Å²) in [5.74, 6) is 1.07. The van der Waals surface area contributed by atoms with E-state index in [9.17, 15) is 4.79 Å². The molecule has 1 saturated heterocycles. The second-order valence-electron chi connectivity index (χ2n) is 9.52. The van der Waals surface area contributed by atoms with Crippen LogP contribution in [-0.2, 0) is 20.7 Å². The number of aromatic nitrogens is 1. The highest BCUT2D eigenvalue weighted by Crippen LogP contribution is 2.48. The predicted molar refractivity (Wildman–Crippen MR) is 137 cm³/mol. The van der Waals surface area contributed by atoms with Crippen LogP contribution in [0.1, 0.15) is 37.1 Å². The van der Waals surface area contributed by atoms with Gasteiger partial charge < -0.3 is 19.2 Å². The van der Waals surface area contributed by atoms with Crippen LogP contribution < -0.4 is 4.74 Å². The number of aromatic amines is 1. The van der Waals surface area contributed by atoms with E-state index in [0.717, 1.165) is 54.7 Å². The van der Waals surface area contributed by atoms with E-state index in [1.807, 2.05) is 6.07 Å². The second kappa shape index (κ2) is 9.78. The summed E-state index contributed by atoms with van der Waals surface area (Å²) in [7, 11) is 4.79. The number of piperidine rings is 1. The lowest BCUT2D eigenvalue weighted by molar-refractivity contribution is -0.137. The van der Waals surface area contributed by atoms with Crippen LogP contribution in [0.4, 0.5) is 0 Å². The molecule has 3 heterocycles. The molecule has 35 heavy (non-hydrogen) atoms. The number of nitrogens with zero attached hydrogens (tertiary/aromatic N) is 1. The first-order chi connectivity index (χ1) is 17.1. The average Bonchev–Trinajstić information content (AvgIpc) is 3.29. The Kier molecular flexibility index (Phi) is 6.56. The van der Waals surface area contributed by atoms with Gasteiger partial charge in [0.05, 0.1) is 39.2 Å². The minimum atomic E-state index is -0.300. The average molecular weight is 475 g/mol. The Morgan fingerprint density at radius 1 is 1.14 bits per heavy atom. The van der Waals surface area contributed by atoms with Crippen molar-refractivity contribution < 1.29 is 19.0 Å². The lowest BCUT2D eigenvalue weighted by Crippen LogP contribution is -2.47. The van der Waals surface area contributed by atoms with Gasteiger partial charge in [0.15, 0.2) is 0 Å². The van der Waals surface area contributed by atoms with Crippen LogP contribution in [0.25, 0.3) is 22.0 Å². The maximum Gasteiger partial charge on any atom is 0.337 e. The molecule has 0 spiro atoms. The van der Waals surface area contributed by atoms with Gasteiger partial charge in [-0.1, -0.05) is 43.7 Å². The lowest BCUT2D eigenvalue weighted by atomic mass is 9.74. The summed E-state index contributed by atoms with van der Waals surface area (Å²) in [5, 5.41) is 1.18. The van der Waals surface area contributed by atoms with Gasteiger partial charge in [0.1, 0.15) is 5.75 Å². The number of hydrogen-bond acceptors (Lipinski definition) is 5. The van der Waals surface area contributed by atoms with Gasteiger partial charge in [-0.2, -0.15) is 0 Å². The van der Waals surface area contributed by atoms with Crippen LogP contribution in [0, 0.1) is 11.8 Å². The Morgan fingerprint density at radius 3 is 2.63 bits per heavy atom. The Balaban J connectivity index is 1.59. The Labute approximate surface area is 206 Å². The SMILES string of the molecule is CCC1CN2CCc3c([nH]c4ccc(-c5ccccc5)c(OC)c34)C2CC1/C(=C\OC)C(=O)OC. The van der Waals surface area contributed by atoms with E-state index in [2.05, 4.69) is 53.2 Å². The Morgan fingerprint density at radius 2 is 1.94 bits per heavy atom. The van der Waals surface area contributed by atoms with Gasteiger partial charge >= 0.3 is 5.97 Å². The van der Waals surface area contributed by atoms with Gasteiger partial charge in [0.2, 0.25) is 0 Å². The molecule has 3 aromatic rings. The van der Waals surface area contributed by atoms with E-state index < -0.39 is 0 Å². The third-order valence-electron chi connectivity index (χ3n) is 7.87. The summed E-state index contributed by atoms with van der Waals surface area (Å²) in [6.45, 7) is 4.15. The summed E-state index contributed by atoms with van der Waals surface area (Å²) in [5.41, 5.74) is 6.57. The van der Waals surface area contributed by atoms with E-state index in [4.69, 9.17) is 14.2 Å². The number of H-pyrrole nitrogens is 1. The number of ether oxygens (including phenoxy) is 3. The number of carbonyl (C=O) groups excluding carboxylic acids is 1. The fourth-order valence-electron chi connectivity index (χ4n) is 6.21. The normalized spacial score (nSPS) is 22.4. The molecule has 0 saturated carbocycles. The molecule has 0 radical (unpaired) electrons. The highest BCUT2D eigenvalue weighted by molar-refractivity contribution is 5.97. The molecule has 3 unspecified atom stereocenters. The fourth-order valence-corrected chi connectivity index (χ4v) is 6.21. The molecule has 184 valence electrons. The van der Waals surface area contributed by atoms with Gasteiger partial charge in [-0.3, -0.25) is 4.90 Å². The van der Waals surface area contributed by atoms with Crippen molar-refractivity contribution in [3.8, 4) is 16.9 Å². The van der Waals surface area contributed by atoms with Crippen molar-refractivity contribution in [1.82, 2.24) is 9.88 Å². The van der Waals surface area contributed by atoms with Gasteiger partial charge in [-0.25, -0.2) is 4.79 Å². The highest BCUT2D eigenvalue weighted by Gasteiger charge is 2.42. The Bertz CT molecular complexity index is 1250. The zero-order chi connectivity index (χ0) is 24.5. The van der Waals surface area contributed by atoms with Crippen LogP contribution >= 0.6 is 0 Å². The van der Waals surface area contributed by atoms with Gasteiger partial charge in [0, 0.05) is 35.2 Å². The minimum Gasteiger partial charge on any atom is -0.504 e. The van der Waals surface area contributed by atoms with Gasteiger partial charge in [-0.15, -0.1) is 0 Å².